The van der Waals surface area contributed by atoms with Crippen molar-refractivity contribution < 1.29 is 13.9 Å². The Morgan fingerprint density at radius 3 is 2.45 bits per heavy atom. The Morgan fingerprint density at radius 2 is 1.85 bits per heavy atom. The molecule has 0 bridgehead atoms. The second-order valence-corrected chi connectivity index (χ2v) is 4.91. The Labute approximate surface area is 126 Å². The third kappa shape index (κ3) is 3.11. The Morgan fingerprint density at radius 1 is 1.20 bits per heavy atom. The number of hydrogen-bond acceptors (Lipinski definition) is 2. The maximum absolute atomic E-state index is 13.9. The van der Waals surface area contributed by atoms with Crippen molar-refractivity contribution in [2.75, 3.05) is 6.61 Å². The summed E-state index contributed by atoms with van der Waals surface area (Å²) in [7, 11) is 0. The van der Waals surface area contributed by atoms with Crippen LogP contribution in [0.3, 0.4) is 0 Å². The third-order valence-corrected chi connectivity index (χ3v) is 3.10. The van der Waals surface area contributed by atoms with E-state index in [0.717, 1.165) is 0 Å². The molecule has 0 fully saturated rings. The zero-order valence-electron chi connectivity index (χ0n) is 10.6. The molecule has 2 nitrogen and oxygen atoms in total. The third-order valence-electron chi connectivity index (χ3n) is 2.67. The summed E-state index contributed by atoms with van der Waals surface area (Å²) in [6, 6.07) is 9.15. The predicted molar refractivity (Wildman–Crippen MR) is 77.8 cm³/mol. The van der Waals surface area contributed by atoms with Crippen molar-refractivity contribution in [2.45, 2.75) is 6.92 Å². The molecule has 2 rings (SSSR count). The summed E-state index contributed by atoms with van der Waals surface area (Å²) >= 11 is 11.9. The van der Waals surface area contributed by atoms with Gasteiger partial charge in [0.15, 0.2) is 0 Å². The Hall–Kier alpha value is -1.58. The average molecular weight is 313 g/mol. The number of hydrogen-bond donors (Lipinski definition) is 0. The lowest BCUT2D eigenvalue weighted by atomic mass is 9.99. The molecule has 0 saturated carbocycles. The van der Waals surface area contributed by atoms with Gasteiger partial charge in [0, 0.05) is 10.0 Å². The molecule has 0 amide bonds. The molecule has 0 atom stereocenters. The van der Waals surface area contributed by atoms with Gasteiger partial charge in [-0.15, -0.1) is 0 Å². The van der Waals surface area contributed by atoms with Crippen molar-refractivity contribution >= 4 is 29.2 Å². The molecule has 5 heteroatoms. The SMILES string of the molecule is CCOC(=O)c1c(F)cccc1-c1cc(Cl)cc(Cl)c1. The van der Waals surface area contributed by atoms with Crippen LogP contribution in [0.2, 0.25) is 10.0 Å². The van der Waals surface area contributed by atoms with E-state index in [-0.39, 0.29) is 12.2 Å². The Balaban J connectivity index is 2.62. The molecule has 0 N–H and O–H groups in total. The van der Waals surface area contributed by atoms with Crippen molar-refractivity contribution in [3.05, 3.63) is 57.8 Å². The lowest BCUT2D eigenvalue weighted by Crippen LogP contribution is -2.09. The van der Waals surface area contributed by atoms with Gasteiger partial charge in [0.1, 0.15) is 11.4 Å². The van der Waals surface area contributed by atoms with Crippen LogP contribution in [-0.2, 0) is 4.74 Å². The highest BCUT2D eigenvalue weighted by Crippen LogP contribution is 2.31. The summed E-state index contributed by atoms with van der Waals surface area (Å²) in [5.74, 6) is -1.35. The first-order valence-corrected chi connectivity index (χ1v) is 6.70. The largest absolute Gasteiger partial charge is 0.462 e. The van der Waals surface area contributed by atoms with Crippen molar-refractivity contribution in [1.82, 2.24) is 0 Å². The quantitative estimate of drug-likeness (QED) is 0.747. The Kier molecular flexibility index (Phi) is 4.63. The maximum atomic E-state index is 13.9. The fourth-order valence-corrected chi connectivity index (χ4v) is 2.41. The lowest BCUT2D eigenvalue weighted by molar-refractivity contribution is 0.0522. The van der Waals surface area contributed by atoms with E-state index in [1.165, 1.54) is 12.1 Å². The van der Waals surface area contributed by atoms with Crippen LogP contribution in [0, 0.1) is 5.82 Å². The second-order valence-electron chi connectivity index (χ2n) is 4.04. The van der Waals surface area contributed by atoms with Crippen LogP contribution in [0.15, 0.2) is 36.4 Å². The molecule has 0 aliphatic heterocycles. The van der Waals surface area contributed by atoms with Gasteiger partial charge >= 0.3 is 5.97 Å². The summed E-state index contributed by atoms with van der Waals surface area (Å²) in [6.45, 7) is 1.83. The van der Waals surface area contributed by atoms with Gasteiger partial charge in [-0.2, -0.15) is 0 Å². The Bertz CT molecular complexity index is 636. The van der Waals surface area contributed by atoms with E-state index in [2.05, 4.69) is 0 Å². The molecule has 0 radical (unpaired) electrons. The molecule has 0 spiro atoms. The summed E-state index contributed by atoms with van der Waals surface area (Å²) in [5, 5.41) is 0.818. The minimum atomic E-state index is -0.711. The van der Waals surface area contributed by atoms with E-state index in [1.54, 1.807) is 31.2 Å². The fourth-order valence-electron chi connectivity index (χ4n) is 1.88. The lowest BCUT2D eigenvalue weighted by Gasteiger charge is -2.10. The zero-order chi connectivity index (χ0) is 14.7. The van der Waals surface area contributed by atoms with E-state index in [9.17, 15) is 9.18 Å². The van der Waals surface area contributed by atoms with Gasteiger partial charge in [-0.1, -0.05) is 35.3 Å². The molecule has 0 unspecified atom stereocenters. The van der Waals surface area contributed by atoms with E-state index in [0.29, 0.717) is 21.2 Å². The molecule has 0 aliphatic carbocycles. The van der Waals surface area contributed by atoms with Crippen LogP contribution in [0.25, 0.3) is 11.1 Å². The van der Waals surface area contributed by atoms with Crippen LogP contribution >= 0.6 is 23.2 Å². The molecular formula is C15H11Cl2FO2. The van der Waals surface area contributed by atoms with Gasteiger partial charge < -0.3 is 4.74 Å². The predicted octanol–water partition coefficient (Wildman–Crippen LogP) is 4.98. The van der Waals surface area contributed by atoms with Gasteiger partial charge in [0.25, 0.3) is 0 Å². The normalized spacial score (nSPS) is 10.4. The van der Waals surface area contributed by atoms with E-state index < -0.39 is 11.8 Å². The average Bonchev–Trinajstić information content (AvgIpc) is 2.37. The summed E-state index contributed by atoms with van der Waals surface area (Å²) in [6.07, 6.45) is 0. The van der Waals surface area contributed by atoms with Crippen LogP contribution in [0.1, 0.15) is 17.3 Å². The van der Waals surface area contributed by atoms with Crippen LogP contribution in [0.4, 0.5) is 4.39 Å². The fraction of sp³-hybridized carbons (Fsp3) is 0.133. The second kappa shape index (κ2) is 6.25. The summed E-state index contributed by atoms with van der Waals surface area (Å²) in [5.41, 5.74) is 0.839. The number of benzene rings is 2. The molecule has 0 saturated heterocycles. The number of esters is 1. The smallest absolute Gasteiger partial charge is 0.341 e. The monoisotopic (exact) mass is 312 g/mol. The zero-order valence-corrected chi connectivity index (χ0v) is 12.1. The molecule has 20 heavy (non-hydrogen) atoms. The number of carbonyl (C=O) groups excluding carboxylic acids is 1. The summed E-state index contributed by atoms with van der Waals surface area (Å²) in [4.78, 5) is 11.9. The van der Waals surface area contributed by atoms with Gasteiger partial charge in [0.05, 0.1) is 6.61 Å². The highest BCUT2D eigenvalue weighted by molar-refractivity contribution is 6.35. The van der Waals surface area contributed by atoms with E-state index in [4.69, 9.17) is 27.9 Å². The minimum absolute atomic E-state index is 0.118. The molecular weight excluding hydrogens is 302 g/mol. The van der Waals surface area contributed by atoms with Crippen LogP contribution in [-0.4, -0.2) is 12.6 Å². The van der Waals surface area contributed by atoms with Gasteiger partial charge in [-0.3, -0.25) is 0 Å². The van der Waals surface area contributed by atoms with Crippen LogP contribution < -0.4 is 0 Å². The molecule has 2 aromatic carbocycles. The standard InChI is InChI=1S/C15H11Cl2FO2/c1-2-20-15(19)14-12(4-3-5-13(14)18)9-6-10(16)8-11(17)7-9/h3-8H,2H2,1H3. The first kappa shape index (κ1) is 14.8. The molecule has 2 aromatic rings. The van der Waals surface area contributed by atoms with Crippen molar-refractivity contribution in [3.8, 4) is 11.1 Å². The van der Waals surface area contributed by atoms with E-state index >= 15 is 0 Å². The molecule has 0 aliphatic rings. The molecule has 0 aromatic heterocycles. The summed E-state index contributed by atoms with van der Waals surface area (Å²) < 4.78 is 18.8. The highest BCUT2D eigenvalue weighted by Gasteiger charge is 2.19. The van der Waals surface area contributed by atoms with E-state index in [1.807, 2.05) is 0 Å². The highest BCUT2D eigenvalue weighted by atomic mass is 35.5. The van der Waals surface area contributed by atoms with Gasteiger partial charge in [-0.25, -0.2) is 9.18 Å². The topological polar surface area (TPSA) is 26.3 Å². The first-order chi connectivity index (χ1) is 9.52. The number of halogens is 3. The van der Waals surface area contributed by atoms with Crippen molar-refractivity contribution in [2.24, 2.45) is 0 Å². The first-order valence-electron chi connectivity index (χ1n) is 5.95. The van der Waals surface area contributed by atoms with Gasteiger partial charge in [0.2, 0.25) is 0 Å². The molecule has 104 valence electrons. The van der Waals surface area contributed by atoms with Crippen molar-refractivity contribution in [3.63, 3.8) is 0 Å². The van der Waals surface area contributed by atoms with Crippen molar-refractivity contribution in [1.29, 1.82) is 0 Å². The maximum Gasteiger partial charge on any atom is 0.341 e. The molecule has 0 heterocycles. The minimum Gasteiger partial charge on any atom is -0.462 e. The number of ether oxygens (including phenoxy) is 1. The number of carbonyl (C=O) groups is 1. The van der Waals surface area contributed by atoms with Crippen LogP contribution in [0.5, 0.6) is 0 Å². The number of rotatable bonds is 3. The van der Waals surface area contributed by atoms with Gasteiger partial charge in [-0.05, 0) is 42.3 Å².